The van der Waals surface area contributed by atoms with E-state index in [1.165, 1.54) is 12.5 Å². The van der Waals surface area contributed by atoms with Crippen molar-refractivity contribution in [3.63, 3.8) is 0 Å². The highest BCUT2D eigenvalue weighted by atomic mass is 79.9. The van der Waals surface area contributed by atoms with E-state index in [4.69, 9.17) is 25.3 Å². The minimum Gasteiger partial charge on any atom is -0.444 e. The van der Waals surface area contributed by atoms with Gasteiger partial charge in [-0.25, -0.2) is 49.5 Å². The first-order valence-electron chi connectivity index (χ1n) is 32.9. The molecule has 98 heavy (non-hydrogen) atoms. The molecule has 0 bridgehead atoms. The van der Waals surface area contributed by atoms with Crippen LogP contribution >= 0.6 is 15.9 Å². The van der Waals surface area contributed by atoms with Gasteiger partial charge in [0.2, 0.25) is 5.91 Å². The largest absolute Gasteiger partial charge is 0.444 e. The summed E-state index contributed by atoms with van der Waals surface area (Å²) in [6.45, 7) is 21.0. The number of hydrogen-bond acceptors (Lipinski definition) is 18. The van der Waals surface area contributed by atoms with Crippen LogP contribution in [0.25, 0.3) is 43.6 Å². The zero-order valence-corrected chi connectivity index (χ0v) is 57.6. The first-order chi connectivity index (χ1) is 47.0. The van der Waals surface area contributed by atoms with Crippen LogP contribution in [0, 0.1) is 57.7 Å². The Labute approximate surface area is 578 Å². The minimum atomic E-state index is -0.477. The quantitative estimate of drug-likeness (QED) is 0.114. The smallest absolute Gasteiger partial charge is 0.410 e. The number of amides is 4. The zero-order valence-electron chi connectivity index (χ0n) is 56.0. The fourth-order valence-electron chi connectivity index (χ4n) is 12.0. The molecule has 4 saturated heterocycles. The summed E-state index contributed by atoms with van der Waals surface area (Å²) in [5.74, 6) is 4.49. The van der Waals surface area contributed by atoms with Crippen molar-refractivity contribution in [2.45, 2.75) is 104 Å². The number of nitriles is 3. The van der Waals surface area contributed by atoms with E-state index >= 15 is 0 Å². The van der Waals surface area contributed by atoms with E-state index in [0.717, 1.165) is 123 Å². The van der Waals surface area contributed by atoms with E-state index in [0.29, 0.717) is 91.3 Å². The molecule has 2 N–H and O–H groups in total. The highest BCUT2D eigenvalue weighted by molar-refractivity contribution is 9.10. The normalized spacial score (nSPS) is 17.3. The van der Waals surface area contributed by atoms with E-state index in [1.807, 2.05) is 101 Å². The lowest BCUT2D eigenvalue weighted by Gasteiger charge is -2.24. The van der Waals surface area contributed by atoms with E-state index in [-0.39, 0.29) is 29.9 Å². The van der Waals surface area contributed by atoms with Gasteiger partial charge >= 0.3 is 12.2 Å². The van der Waals surface area contributed by atoms with Crippen molar-refractivity contribution in [2.24, 2.45) is 23.7 Å². The van der Waals surface area contributed by atoms with Crippen LogP contribution in [0.5, 0.6) is 0 Å². The first-order valence-corrected chi connectivity index (χ1v) is 33.7. The summed E-state index contributed by atoms with van der Waals surface area (Å²) in [4.78, 5) is 90.0. The number of nitrogens with one attached hydrogen (secondary N) is 2. The van der Waals surface area contributed by atoms with Gasteiger partial charge < -0.3 is 34.8 Å². The third-order valence-electron chi connectivity index (χ3n) is 17.0. The average molecular weight is 1380 g/mol. The molecule has 4 aliphatic heterocycles. The van der Waals surface area contributed by atoms with Crippen LogP contribution in [0.15, 0.2) is 139 Å². The molecule has 0 aliphatic carbocycles. The maximum Gasteiger partial charge on any atom is 0.410 e. The van der Waals surface area contributed by atoms with Crippen molar-refractivity contribution >= 4 is 89.2 Å². The van der Waals surface area contributed by atoms with Gasteiger partial charge in [0.1, 0.15) is 34.5 Å². The van der Waals surface area contributed by atoms with Crippen LogP contribution in [0.1, 0.15) is 118 Å². The highest BCUT2D eigenvalue weighted by Gasteiger charge is 2.33. The number of anilines is 1. The maximum atomic E-state index is 12.8. The van der Waals surface area contributed by atoms with Crippen molar-refractivity contribution < 1.29 is 28.7 Å². The summed E-state index contributed by atoms with van der Waals surface area (Å²) in [6, 6.07) is 35.5. The van der Waals surface area contributed by atoms with Crippen LogP contribution in [0.2, 0.25) is 0 Å². The van der Waals surface area contributed by atoms with Crippen LogP contribution in [-0.4, -0.2) is 142 Å². The van der Waals surface area contributed by atoms with Crippen molar-refractivity contribution in [1.29, 1.82) is 15.8 Å². The van der Waals surface area contributed by atoms with Gasteiger partial charge in [-0.3, -0.25) is 9.59 Å². The molecule has 0 spiro atoms. The number of rotatable bonds is 11. The molecular weight excluding hydrogens is 1300 g/mol. The second kappa shape index (κ2) is 32.1. The molecule has 9 aromatic rings. The SMILES string of the molecule is C=CC(=O)Nc1ccc(C(=O)N2CC[C@@H](Cc3ncc4ccc(C#N)cc4n3)C2)cc1.CC(C)(C)OC(=O)N1CC[C@H](Cc2ncc3ccc(Br)cc3n2)C1.CC(C)(C)OC(=O)N1CC[C@H](Cc2ncc3ccc(C#N)cc3n2)C1.N#Cc1ccc2cnc(C[C@H]3CCNC3)nc2c1. The Bertz CT molecular complexity index is 4530. The molecule has 4 atom stereocenters. The summed E-state index contributed by atoms with van der Waals surface area (Å²) in [6.07, 6.45) is 15.0. The lowest BCUT2D eigenvalue weighted by molar-refractivity contribution is -0.111. The van der Waals surface area contributed by atoms with Crippen molar-refractivity contribution in [3.05, 3.63) is 185 Å². The number of nitrogens with zero attached hydrogens (tertiary/aromatic N) is 14. The summed E-state index contributed by atoms with van der Waals surface area (Å²) >= 11 is 3.47. The lowest BCUT2D eigenvalue weighted by Crippen LogP contribution is -2.35. The number of hydrogen-bond donors (Lipinski definition) is 2. The summed E-state index contributed by atoms with van der Waals surface area (Å²) in [5.41, 5.74) is 5.44. The van der Waals surface area contributed by atoms with Gasteiger partial charge in [-0.1, -0.05) is 28.6 Å². The maximum absolute atomic E-state index is 12.8. The van der Waals surface area contributed by atoms with Crippen LogP contribution in [0.3, 0.4) is 0 Å². The van der Waals surface area contributed by atoms with Gasteiger partial charge in [-0.2, -0.15) is 15.8 Å². The number of likely N-dealkylation sites (tertiary alicyclic amines) is 3. The van der Waals surface area contributed by atoms with Gasteiger partial charge in [0.15, 0.2) is 0 Å². The number of fused-ring (bicyclic) bond motifs is 4. The Morgan fingerprint density at radius 2 is 0.918 bits per heavy atom. The Morgan fingerprint density at radius 1 is 0.541 bits per heavy atom. The van der Waals surface area contributed by atoms with Gasteiger partial charge in [0, 0.05) is 127 Å². The first kappa shape index (κ1) is 70.4. The van der Waals surface area contributed by atoms with E-state index in [9.17, 15) is 19.2 Å². The van der Waals surface area contributed by atoms with Crippen LogP contribution in [-0.2, 0) is 40.0 Å². The Kier molecular flexibility index (Phi) is 23.1. The third kappa shape index (κ3) is 19.9. The molecule has 0 unspecified atom stereocenters. The van der Waals surface area contributed by atoms with Gasteiger partial charge in [0.25, 0.3) is 5.91 Å². The molecule has 5 aromatic carbocycles. The van der Waals surface area contributed by atoms with E-state index in [2.05, 4.69) is 91.2 Å². The summed E-state index contributed by atoms with van der Waals surface area (Å²) in [5, 5.41) is 36.9. The predicted molar refractivity (Wildman–Crippen MR) is 377 cm³/mol. The van der Waals surface area contributed by atoms with E-state index in [1.54, 1.807) is 76.8 Å². The van der Waals surface area contributed by atoms with Gasteiger partial charge in [-0.15, -0.1) is 0 Å². The Hall–Kier alpha value is -10.4. The van der Waals surface area contributed by atoms with E-state index < -0.39 is 11.2 Å². The molecule has 4 aliphatic rings. The Morgan fingerprint density at radius 3 is 1.30 bits per heavy atom. The molecule has 8 heterocycles. The van der Waals surface area contributed by atoms with Gasteiger partial charge in [0.05, 0.1) is 57.0 Å². The van der Waals surface area contributed by atoms with Crippen LogP contribution < -0.4 is 10.6 Å². The molecular formula is C75H79BrN16O6. The molecule has 4 fully saturated rings. The summed E-state index contributed by atoms with van der Waals surface area (Å²) in [7, 11) is 0. The molecule has 23 heteroatoms. The van der Waals surface area contributed by atoms with Crippen molar-refractivity contribution in [2.75, 3.05) is 57.7 Å². The number of ether oxygens (including phenoxy) is 2. The molecule has 0 saturated carbocycles. The second-order valence-corrected chi connectivity index (χ2v) is 27.9. The van der Waals surface area contributed by atoms with Crippen molar-refractivity contribution in [3.8, 4) is 18.2 Å². The monoisotopic (exact) mass is 1380 g/mol. The zero-order chi connectivity index (χ0) is 69.5. The second-order valence-electron chi connectivity index (χ2n) is 27.0. The fourth-order valence-corrected chi connectivity index (χ4v) is 12.3. The minimum absolute atomic E-state index is 0.0258. The predicted octanol–water partition coefficient (Wildman–Crippen LogP) is 12.5. The molecule has 4 aromatic heterocycles. The molecule has 0 radical (unpaired) electrons. The van der Waals surface area contributed by atoms with Crippen LogP contribution in [0.4, 0.5) is 15.3 Å². The number of aromatic nitrogens is 8. The number of carbonyl (C=O) groups is 4. The van der Waals surface area contributed by atoms with Crippen molar-refractivity contribution in [1.82, 2.24) is 59.9 Å². The average Bonchev–Trinajstić information content (AvgIpc) is 1.20. The Balaban J connectivity index is 0.000000144. The third-order valence-corrected chi connectivity index (χ3v) is 17.5. The topological polar surface area (TPSA) is 295 Å². The molecule has 4 amide bonds. The number of halogens is 1. The standard InChI is InChI=1S/C24H21N5O2.C19H22N4O2.C18H22BrN3O2.C14H14N4/c1-2-23(30)27-20-7-5-18(6-8-20)24(31)29-10-9-17(15-29)12-22-26-14-19-4-3-16(13-25)11-21(19)28-22;1-19(2,3)25-18(24)23-7-6-14(12-23)9-17-21-11-15-5-4-13(10-20)8-16(15)22-17;1-18(2,3)24-17(23)22-7-6-12(11-22)8-16-20-10-13-4-5-14(19)9-15(13)21-16;15-7-10-1-2-12-9-17-14(18-13(12)5-10)6-11-3-4-16-8-11/h2-8,11,14,17H,1,9-10,12,15H2,(H,27,30);4-5,8,11,14H,6-7,9,12H2,1-3H3;4-5,9-10,12H,6-8,11H2,1-3H3;1-2,5,9,11,16H,3-4,6,8H2/t17-;14-;12-;11-/m0111/s1. The lowest BCUT2D eigenvalue weighted by atomic mass is 10.0. The summed E-state index contributed by atoms with van der Waals surface area (Å²) < 4.78 is 11.9. The number of benzene rings is 5. The fraction of sp³-hybridized carbons (Fsp3) is 0.373. The van der Waals surface area contributed by atoms with Gasteiger partial charge in [-0.05, 0) is 201 Å². The molecule has 502 valence electrons. The highest BCUT2D eigenvalue weighted by Crippen LogP contribution is 2.28. The molecule has 22 nitrogen and oxygen atoms in total. The number of carbonyl (C=O) groups excluding carboxylic acids is 4. The molecule has 13 rings (SSSR count).